The van der Waals surface area contributed by atoms with Gasteiger partial charge in [-0.25, -0.2) is 0 Å². The molecular formula is C15H23BrN2O. The number of ether oxygens (including phenoxy) is 1. The van der Waals surface area contributed by atoms with E-state index >= 15 is 0 Å². The van der Waals surface area contributed by atoms with E-state index in [1.165, 1.54) is 0 Å². The lowest BCUT2D eigenvalue weighted by atomic mass is 10.1. The fraction of sp³-hybridized carbons (Fsp3) is 0.600. The van der Waals surface area contributed by atoms with E-state index < -0.39 is 0 Å². The minimum atomic E-state index is 0.622. The average molecular weight is 327 g/mol. The van der Waals surface area contributed by atoms with Gasteiger partial charge in [-0.15, -0.1) is 0 Å². The van der Waals surface area contributed by atoms with E-state index in [9.17, 15) is 0 Å². The van der Waals surface area contributed by atoms with Gasteiger partial charge >= 0.3 is 0 Å². The Balaban J connectivity index is 1.75. The second-order valence-corrected chi connectivity index (χ2v) is 6.34. The summed E-state index contributed by atoms with van der Waals surface area (Å²) in [6.45, 7) is 8.59. The Labute approximate surface area is 124 Å². The smallest absolute Gasteiger partial charge is 0.119 e. The molecule has 0 radical (unpaired) electrons. The van der Waals surface area contributed by atoms with Crippen LogP contribution in [0, 0.1) is 0 Å². The third kappa shape index (κ3) is 4.20. The highest BCUT2D eigenvalue weighted by molar-refractivity contribution is 9.10. The Hall–Kier alpha value is -0.580. The van der Waals surface area contributed by atoms with Crippen LogP contribution in [0.1, 0.15) is 13.8 Å². The van der Waals surface area contributed by atoms with E-state index in [0.717, 1.165) is 36.5 Å². The molecule has 0 bridgehead atoms. The number of rotatable bonds is 4. The molecule has 4 heteroatoms. The minimum Gasteiger partial charge on any atom is -0.492 e. The number of likely N-dealkylation sites (N-methyl/N-ethyl adjacent to an activating group) is 1. The summed E-state index contributed by atoms with van der Waals surface area (Å²) in [6.07, 6.45) is 0. The van der Waals surface area contributed by atoms with Crippen LogP contribution in [0.4, 0.5) is 0 Å². The van der Waals surface area contributed by atoms with E-state index in [1.807, 2.05) is 24.3 Å². The molecule has 2 atom stereocenters. The van der Waals surface area contributed by atoms with Crippen molar-refractivity contribution in [1.82, 2.24) is 9.80 Å². The molecule has 1 aliphatic rings. The van der Waals surface area contributed by atoms with Gasteiger partial charge in [-0.1, -0.05) is 15.9 Å². The largest absolute Gasteiger partial charge is 0.492 e. The van der Waals surface area contributed by atoms with Crippen molar-refractivity contribution in [1.29, 1.82) is 0 Å². The van der Waals surface area contributed by atoms with Crippen LogP contribution in [0.15, 0.2) is 28.7 Å². The molecule has 1 aromatic carbocycles. The van der Waals surface area contributed by atoms with Gasteiger partial charge in [0.2, 0.25) is 0 Å². The minimum absolute atomic E-state index is 0.622. The summed E-state index contributed by atoms with van der Waals surface area (Å²) in [5, 5.41) is 0. The summed E-state index contributed by atoms with van der Waals surface area (Å²) in [5.74, 6) is 0.943. The van der Waals surface area contributed by atoms with E-state index in [2.05, 4.69) is 46.6 Å². The van der Waals surface area contributed by atoms with Crippen molar-refractivity contribution in [2.75, 3.05) is 33.3 Å². The lowest BCUT2D eigenvalue weighted by Gasteiger charge is -2.42. The zero-order valence-electron chi connectivity index (χ0n) is 12.0. The van der Waals surface area contributed by atoms with Crippen LogP contribution in [0.25, 0.3) is 0 Å². The Morgan fingerprint density at radius 3 is 2.32 bits per heavy atom. The molecule has 1 fully saturated rings. The predicted octanol–water partition coefficient (Wildman–Crippen LogP) is 2.85. The van der Waals surface area contributed by atoms with Crippen LogP contribution in [-0.4, -0.2) is 55.2 Å². The second-order valence-electron chi connectivity index (χ2n) is 5.43. The Morgan fingerprint density at radius 2 is 1.74 bits per heavy atom. The number of hydrogen-bond donors (Lipinski definition) is 0. The first-order valence-electron chi connectivity index (χ1n) is 6.89. The summed E-state index contributed by atoms with van der Waals surface area (Å²) >= 11 is 3.43. The monoisotopic (exact) mass is 326 g/mol. The van der Waals surface area contributed by atoms with Crippen molar-refractivity contribution in [2.24, 2.45) is 0 Å². The van der Waals surface area contributed by atoms with Gasteiger partial charge in [0.25, 0.3) is 0 Å². The second kappa shape index (κ2) is 6.73. The number of benzene rings is 1. The lowest BCUT2D eigenvalue weighted by Crippen LogP contribution is -2.55. The van der Waals surface area contributed by atoms with Gasteiger partial charge in [-0.3, -0.25) is 9.80 Å². The van der Waals surface area contributed by atoms with Crippen LogP contribution in [0.5, 0.6) is 5.75 Å². The quantitative estimate of drug-likeness (QED) is 0.846. The molecule has 2 rings (SSSR count). The molecule has 0 saturated carbocycles. The molecule has 0 aliphatic carbocycles. The van der Waals surface area contributed by atoms with Gasteiger partial charge < -0.3 is 4.74 Å². The van der Waals surface area contributed by atoms with Gasteiger partial charge in [0, 0.05) is 36.2 Å². The Kier molecular flexibility index (Phi) is 5.25. The van der Waals surface area contributed by atoms with Crippen molar-refractivity contribution in [3.8, 4) is 5.75 Å². The number of nitrogens with zero attached hydrogens (tertiary/aromatic N) is 2. The maximum Gasteiger partial charge on any atom is 0.119 e. The first-order valence-corrected chi connectivity index (χ1v) is 7.68. The van der Waals surface area contributed by atoms with Gasteiger partial charge in [0.15, 0.2) is 0 Å². The molecule has 1 aromatic rings. The van der Waals surface area contributed by atoms with Crippen LogP contribution >= 0.6 is 15.9 Å². The number of hydrogen-bond acceptors (Lipinski definition) is 3. The highest BCUT2D eigenvalue weighted by atomic mass is 79.9. The van der Waals surface area contributed by atoms with Gasteiger partial charge in [-0.05, 0) is 45.2 Å². The summed E-state index contributed by atoms with van der Waals surface area (Å²) in [7, 11) is 2.21. The van der Waals surface area contributed by atoms with Crippen molar-refractivity contribution >= 4 is 15.9 Å². The molecule has 0 aromatic heterocycles. The predicted molar refractivity (Wildman–Crippen MR) is 82.8 cm³/mol. The van der Waals surface area contributed by atoms with Crippen molar-refractivity contribution < 1.29 is 4.74 Å². The van der Waals surface area contributed by atoms with Gasteiger partial charge in [0.05, 0.1) is 0 Å². The van der Waals surface area contributed by atoms with Crippen LogP contribution in [-0.2, 0) is 0 Å². The van der Waals surface area contributed by atoms with Gasteiger partial charge in [-0.2, -0.15) is 0 Å². The zero-order valence-corrected chi connectivity index (χ0v) is 13.6. The molecule has 106 valence electrons. The molecule has 2 unspecified atom stereocenters. The lowest BCUT2D eigenvalue weighted by molar-refractivity contribution is 0.0522. The molecule has 3 nitrogen and oxygen atoms in total. The van der Waals surface area contributed by atoms with Crippen molar-refractivity contribution in [3.63, 3.8) is 0 Å². The summed E-state index contributed by atoms with van der Waals surface area (Å²) in [4.78, 5) is 4.94. The maximum absolute atomic E-state index is 5.78. The third-order valence-corrected chi connectivity index (χ3v) is 4.45. The molecule has 0 spiro atoms. The molecular weight excluding hydrogens is 304 g/mol. The standard InChI is InChI=1S/C15H23BrN2O/c1-12-10-18(11-13(2)17(12)3)8-9-19-15-6-4-14(16)5-7-15/h4-7,12-13H,8-11H2,1-3H3. The highest BCUT2D eigenvalue weighted by Gasteiger charge is 2.25. The average Bonchev–Trinajstić information content (AvgIpc) is 2.38. The normalized spacial score (nSPS) is 25.5. The molecule has 19 heavy (non-hydrogen) atoms. The maximum atomic E-state index is 5.78. The van der Waals surface area contributed by atoms with E-state index in [-0.39, 0.29) is 0 Å². The Morgan fingerprint density at radius 1 is 1.16 bits per heavy atom. The first kappa shape index (κ1) is 14.8. The van der Waals surface area contributed by atoms with Crippen molar-refractivity contribution in [3.05, 3.63) is 28.7 Å². The topological polar surface area (TPSA) is 15.7 Å². The molecule has 1 heterocycles. The van der Waals surface area contributed by atoms with Gasteiger partial charge in [0.1, 0.15) is 12.4 Å². The number of piperazine rings is 1. The first-order chi connectivity index (χ1) is 9.06. The zero-order chi connectivity index (χ0) is 13.8. The van der Waals surface area contributed by atoms with E-state index in [1.54, 1.807) is 0 Å². The van der Waals surface area contributed by atoms with E-state index in [0.29, 0.717) is 12.1 Å². The highest BCUT2D eigenvalue weighted by Crippen LogP contribution is 2.17. The molecule has 1 saturated heterocycles. The van der Waals surface area contributed by atoms with Crippen LogP contribution in [0.2, 0.25) is 0 Å². The van der Waals surface area contributed by atoms with Crippen LogP contribution < -0.4 is 4.74 Å². The fourth-order valence-electron chi connectivity index (χ4n) is 2.52. The summed E-state index contributed by atoms with van der Waals surface area (Å²) in [5.41, 5.74) is 0. The SMILES string of the molecule is CC1CN(CCOc2ccc(Br)cc2)CC(C)N1C. The molecule has 0 amide bonds. The molecule has 1 aliphatic heterocycles. The summed E-state index contributed by atoms with van der Waals surface area (Å²) in [6, 6.07) is 9.26. The van der Waals surface area contributed by atoms with E-state index in [4.69, 9.17) is 4.74 Å². The summed E-state index contributed by atoms with van der Waals surface area (Å²) < 4.78 is 6.87. The van der Waals surface area contributed by atoms with Crippen molar-refractivity contribution in [2.45, 2.75) is 25.9 Å². The Bertz CT molecular complexity index is 384. The third-order valence-electron chi connectivity index (χ3n) is 3.93. The molecule has 0 N–H and O–H groups in total. The van der Waals surface area contributed by atoms with Crippen LogP contribution in [0.3, 0.4) is 0 Å². The number of halogens is 1. The fourth-order valence-corrected chi connectivity index (χ4v) is 2.78.